The van der Waals surface area contributed by atoms with Gasteiger partial charge < -0.3 is 10.4 Å². The van der Waals surface area contributed by atoms with E-state index >= 15 is 0 Å². The van der Waals surface area contributed by atoms with Gasteiger partial charge in [0.2, 0.25) is 0 Å². The van der Waals surface area contributed by atoms with Crippen LogP contribution in [0, 0.1) is 0 Å². The van der Waals surface area contributed by atoms with Crippen LogP contribution in [-0.4, -0.2) is 44.2 Å². The Hall–Kier alpha value is -1.28. The van der Waals surface area contributed by atoms with Crippen molar-refractivity contribution in [3.63, 3.8) is 0 Å². The van der Waals surface area contributed by atoms with E-state index in [1.54, 1.807) is 11.6 Å². The fourth-order valence-corrected chi connectivity index (χ4v) is 3.02. The normalized spacial score (nSPS) is 14.2. The molecule has 0 saturated heterocycles. The summed E-state index contributed by atoms with van der Waals surface area (Å²) in [5.41, 5.74) is -1.07. The molecular weight excluding hydrogens is 280 g/mol. The summed E-state index contributed by atoms with van der Waals surface area (Å²) in [7, 11) is 1.67. The average Bonchev–Trinajstić information content (AvgIpc) is 2.79. The third-order valence-corrected chi connectivity index (χ3v) is 4.57. The zero-order valence-electron chi connectivity index (χ0n) is 12.1. The van der Waals surface area contributed by atoms with Crippen molar-refractivity contribution in [1.29, 1.82) is 0 Å². The van der Waals surface area contributed by atoms with Crippen LogP contribution in [0.4, 0.5) is 0 Å². The Morgan fingerprint density at radius 2 is 2.25 bits per heavy atom. The van der Waals surface area contributed by atoms with Crippen LogP contribution in [0.2, 0.25) is 0 Å². The van der Waals surface area contributed by atoms with E-state index in [2.05, 4.69) is 15.5 Å². The minimum Gasteiger partial charge on any atom is -0.480 e. The number of rotatable bonds is 9. The van der Waals surface area contributed by atoms with E-state index in [0.717, 1.165) is 12.2 Å². The summed E-state index contributed by atoms with van der Waals surface area (Å²) in [5, 5.41) is 19.2. The molecule has 0 amide bonds. The predicted molar refractivity (Wildman–Crippen MR) is 78.2 cm³/mol. The van der Waals surface area contributed by atoms with E-state index in [0.29, 0.717) is 24.5 Å². The maximum atomic E-state index is 11.4. The van der Waals surface area contributed by atoms with Crippen molar-refractivity contribution in [2.45, 2.75) is 50.4 Å². The van der Waals surface area contributed by atoms with Crippen molar-refractivity contribution >= 4 is 17.7 Å². The molecular formula is C12H22N4O3S. The summed E-state index contributed by atoms with van der Waals surface area (Å²) in [6.07, 6.45) is 1.81. The fraction of sp³-hybridized carbons (Fsp3) is 0.750. The van der Waals surface area contributed by atoms with Gasteiger partial charge in [0.05, 0.1) is 0 Å². The number of aromatic nitrogens is 3. The SMILES string of the molecule is CCn1c(SCCCC(CC)(NC)C(=O)O)n[nH]c1=O. The molecule has 1 rings (SSSR count). The molecule has 1 heterocycles. The van der Waals surface area contributed by atoms with Gasteiger partial charge in [0.1, 0.15) is 5.54 Å². The van der Waals surface area contributed by atoms with Crippen LogP contribution in [0.25, 0.3) is 0 Å². The summed E-state index contributed by atoms with van der Waals surface area (Å²) in [6.45, 7) is 4.32. The number of likely N-dealkylation sites (N-methyl/N-ethyl adjacent to an activating group) is 1. The first kappa shape index (κ1) is 16.8. The van der Waals surface area contributed by atoms with Crippen LogP contribution in [0.1, 0.15) is 33.1 Å². The molecule has 0 aromatic carbocycles. The van der Waals surface area contributed by atoms with Crippen LogP contribution in [0.15, 0.2) is 9.95 Å². The highest BCUT2D eigenvalue weighted by atomic mass is 32.2. The quantitative estimate of drug-likeness (QED) is 0.463. The van der Waals surface area contributed by atoms with Crippen LogP contribution >= 0.6 is 11.8 Å². The number of thioether (sulfide) groups is 1. The standard InChI is InChI=1S/C12H22N4O3S/c1-4-12(13-3,9(17)18)7-6-8-20-11-15-14-10(19)16(11)5-2/h13H,4-8H2,1-3H3,(H,14,19)(H,17,18). The molecule has 1 unspecified atom stereocenters. The molecule has 3 N–H and O–H groups in total. The Labute approximate surface area is 122 Å². The molecule has 1 atom stereocenters. The van der Waals surface area contributed by atoms with Gasteiger partial charge >= 0.3 is 11.7 Å². The third kappa shape index (κ3) is 3.63. The van der Waals surface area contributed by atoms with Gasteiger partial charge in [-0.05, 0) is 33.2 Å². The van der Waals surface area contributed by atoms with Gasteiger partial charge in [-0.15, -0.1) is 5.10 Å². The summed E-state index contributed by atoms with van der Waals surface area (Å²) >= 11 is 1.47. The number of carboxylic acids is 1. The van der Waals surface area contributed by atoms with Crippen LogP contribution in [0.5, 0.6) is 0 Å². The average molecular weight is 302 g/mol. The van der Waals surface area contributed by atoms with E-state index in [1.165, 1.54) is 11.8 Å². The van der Waals surface area contributed by atoms with Crippen molar-refractivity contribution in [2.75, 3.05) is 12.8 Å². The first-order valence-electron chi connectivity index (χ1n) is 6.71. The summed E-state index contributed by atoms with van der Waals surface area (Å²) in [4.78, 5) is 22.7. The molecule has 114 valence electrons. The Morgan fingerprint density at radius 1 is 1.55 bits per heavy atom. The second-order valence-corrected chi connectivity index (χ2v) is 5.56. The lowest BCUT2D eigenvalue weighted by molar-refractivity contribution is -0.145. The molecule has 1 aromatic heterocycles. The first-order chi connectivity index (χ1) is 9.50. The smallest absolute Gasteiger partial charge is 0.343 e. The topological polar surface area (TPSA) is 100 Å². The Balaban J connectivity index is 2.52. The number of nitrogens with one attached hydrogen (secondary N) is 2. The van der Waals surface area contributed by atoms with Crippen molar-refractivity contribution in [3.05, 3.63) is 10.5 Å². The molecule has 0 fully saturated rings. The number of aliphatic carboxylic acids is 1. The van der Waals surface area contributed by atoms with Gasteiger partial charge in [-0.2, -0.15) is 0 Å². The molecule has 0 radical (unpaired) electrons. The molecule has 0 aliphatic rings. The lowest BCUT2D eigenvalue weighted by atomic mass is 9.91. The molecule has 0 bridgehead atoms. The van der Waals surface area contributed by atoms with Crippen LogP contribution < -0.4 is 11.0 Å². The zero-order valence-corrected chi connectivity index (χ0v) is 12.9. The lowest BCUT2D eigenvalue weighted by Gasteiger charge is -2.27. The molecule has 0 aliphatic carbocycles. The van der Waals surface area contributed by atoms with Gasteiger partial charge in [0.25, 0.3) is 0 Å². The molecule has 7 nitrogen and oxygen atoms in total. The Kier molecular flexibility index (Phi) is 6.28. The summed E-state index contributed by atoms with van der Waals surface area (Å²) in [6, 6.07) is 0. The number of aromatic amines is 1. The van der Waals surface area contributed by atoms with Gasteiger partial charge in [-0.3, -0.25) is 9.36 Å². The highest BCUT2D eigenvalue weighted by Crippen LogP contribution is 2.21. The number of carboxylic acid groups (broad SMARTS) is 1. The number of carbonyl (C=O) groups is 1. The summed E-state index contributed by atoms with van der Waals surface area (Å²) < 4.78 is 1.56. The second-order valence-electron chi connectivity index (χ2n) is 4.50. The van der Waals surface area contributed by atoms with Crippen molar-refractivity contribution in [1.82, 2.24) is 20.1 Å². The molecule has 20 heavy (non-hydrogen) atoms. The maximum Gasteiger partial charge on any atom is 0.343 e. The van der Waals surface area contributed by atoms with Crippen LogP contribution in [-0.2, 0) is 11.3 Å². The first-order valence-corrected chi connectivity index (χ1v) is 7.69. The molecule has 0 saturated carbocycles. The van der Waals surface area contributed by atoms with Gasteiger partial charge in [0, 0.05) is 12.3 Å². The Morgan fingerprint density at radius 3 is 2.75 bits per heavy atom. The number of hydrogen-bond acceptors (Lipinski definition) is 5. The molecule has 0 aliphatic heterocycles. The van der Waals surface area contributed by atoms with Gasteiger partial charge in [-0.25, -0.2) is 9.89 Å². The fourth-order valence-electron chi connectivity index (χ4n) is 2.07. The van der Waals surface area contributed by atoms with Crippen molar-refractivity contribution in [2.24, 2.45) is 0 Å². The largest absolute Gasteiger partial charge is 0.480 e. The zero-order chi connectivity index (χ0) is 15.2. The predicted octanol–water partition coefficient (Wildman–Crippen LogP) is 0.916. The number of nitrogens with zero attached hydrogens (tertiary/aromatic N) is 2. The highest BCUT2D eigenvalue weighted by molar-refractivity contribution is 7.99. The minimum atomic E-state index is -0.865. The van der Waals surface area contributed by atoms with E-state index in [4.69, 9.17) is 0 Å². The maximum absolute atomic E-state index is 11.4. The van der Waals surface area contributed by atoms with Crippen LogP contribution in [0.3, 0.4) is 0 Å². The number of H-pyrrole nitrogens is 1. The number of hydrogen-bond donors (Lipinski definition) is 3. The van der Waals surface area contributed by atoms with Crippen molar-refractivity contribution < 1.29 is 9.90 Å². The van der Waals surface area contributed by atoms with Gasteiger partial charge in [0.15, 0.2) is 5.16 Å². The van der Waals surface area contributed by atoms with Gasteiger partial charge in [-0.1, -0.05) is 18.7 Å². The molecule has 1 aromatic rings. The van der Waals surface area contributed by atoms with E-state index in [9.17, 15) is 14.7 Å². The monoisotopic (exact) mass is 302 g/mol. The molecule has 0 spiro atoms. The second kappa shape index (κ2) is 7.49. The van der Waals surface area contributed by atoms with E-state index in [1.807, 2.05) is 13.8 Å². The summed E-state index contributed by atoms with van der Waals surface area (Å²) in [5.74, 6) is -0.0983. The van der Waals surface area contributed by atoms with E-state index < -0.39 is 11.5 Å². The Bertz CT molecular complexity index is 493. The van der Waals surface area contributed by atoms with Crippen molar-refractivity contribution in [3.8, 4) is 0 Å². The molecule has 8 heteroatoms. The lowest BCUT2D eigenvalue weighted by Crippen LogP contribution is -2.49. The third-order valence-electron chi connectivity index (χ3n) is 3.51. The van der Waals surface area contributed by atoms with E-state index in [-0.39, 0.29) is 5.69 Å². The minimum absolute atomic E-state index is 0.210. The highest BCUT2D eigenvalue weighted by Gasteiger charge is 2.34.